The van der Waals surface area contributed by atoms with Crippen LogP contribution in [0.25, 0.3) is 0 Å². The summed E-state index contributed by atoms with van der Waals surface area (Å²) in [6.45, 7) is 7.29. The van der Waals surface area contributed by atoms with E-state index in [1.54, 1.807) is 11.0 Å². The van der Waals surface area contributed by atoms with Gasteiger partial charge in [-0.25, -0.2) is 0 Å². The number of para-hydroxylation sites is 1. The number of nitrogens with zero attached hydrogens (tertiary/aromatic N) is 2. The fourth-order valence-corrected chi connectivity index (χ4v) is 3.87. The molecule has 0 saturated carbocycles. The Morgan fingerprint density at radius 2 is 2.04 bits per heavy atom. The summed E-state index contributed by atoms with van der Waals surface area (Å²) in [5.74, 6) is -0.316. The van der Waals surface area contributed by atoms with Crippen LogP contribution in [-0.4, -0.2) is 54.1 Å². The van der Waals surface area contributed by atoms with Gasteiger partial charge in [-0.2, -0.15) is 0 Å². The van der Waals surface area contributed by atoms with Crippen LogP contribution in [0.1, 0.15) is 27.2 Å². The summed E-state index contributed by atoms with van der Waals surface area (Å²) in [6, 6.07) is 7.05. The zero-order valence-corrected chi connectivity index (χ0v) is 16.2. The van der Waals surface area contributed by atoms with Crippen molar-refractivity contribution < 1.29 is 14.3 Å². The van der Waals surface area contributed by atoms with E-state index < -0.39 is 0 Å². The summed E-state index contributed by atoms with van der Waals surface area (Å²) >= 11 is 6.27. The van der Waals surface area contributed by atoms with E-state index >= 15 is 0 Å². The highest BCUT2D eigenvalue weighted by Gasteiger charge is 2.42. The smallest absolute Gasteiger partial charge is 0.309 e. The van der Waals surface area contributed by atoms with E-state index in [1.807, 2.05) is 25.1 Å². The number of ether oxygens (including phenoxy) is 1. The fourth-order valence-electron chi connectivity index (χ4n) is 3.63. The molecule has 1 amide bonds. The van der Waals surface area contributed by atoms with E-state index in [9.17, 15) is 9.59 Å². The molecule has 1 aromatic rings. The molecule has 6 nitrogen and oxygen atoms in total. The second-order valence-corrected chi connectivity index (χ2v) is 8.31. The number of benzene rings is 1. The first kappa shape index (κ1) is 19.1. The first-order valence-corrected chi connectivity index (χ1v) is 9.33. The second-order valence-electron chi connectivity index (χ2n) is 7.90. The third kappa shape index (κ3) is 3.72. The van der Waals surface area contributed by atoms with E-state index in [0.717, 1.165) is 5.69 Å². The van der Waals surface area contributed by atoms with Crippen molar-refractivity contribution in [3.63, 3.8) is 0 Å². The average molecular weight is 380 g/mol. The number of esters is 1. The lowest BCUT2D eigenvalue weighted by atomic mass is 9.95. The summed E-state index contributed by atoms with van der Waals surface area (Å²) in [5, 5.41) is 0.564. The van der Waals surface area contributed by atoms with Gasteiger partial charge < -0.3 is 15.4 Å². The van der Waals surface area contributed by atoms with Crippen molar-refractivity contribution in [3.05, 3.63) is 29.3 Å². The number of amides is 1. The van der Waals surface area contributed by atoms with Crippen molar-refractivity contribution in [2.45, 2.75) is 44.9 Å². The molecule has 0 aliphatic carbocycles. The average Bonchev–Trinajstić information content (AvgIpc) is 2.91. The van der Waals surface area contributed by atoms with E-state index in [2.05, 4.69) is 18.7 Å². The van der Waals surface area contributed by atoms with Crippen molar-refractivity contribution in [1.29, 1.82) is 0 Å². The highest BCUT2D eigenvalue weighted by molar-refractivity contribution is 6.33. The SMILES string of the molecule is C[C@@H]1C[C@@H]([C@@H](N)CN2CC(=O)N(c3ccccc3Cl)CC2(C)C)OC1=O. The van der Waals surface area contributed by atoms with Gasteiger partial charge in [0.15, 0.2) is 0 Å². The van der Waals surface area contributed by atoms with Crippen LogP contribution in [0.4, 0.5) is 5.69 Å². The number of piperazine rings is 1. The minimum absolute atomic E-state index is 0.0126. The molecular formula is C19H26ClN3O3. The zero-order valence-electron chi connectivity index (χ0n) is 15.4. The number of rotatable bonds is 4. The molecule has 0 aromatic heterocycles. The maximum absolute atomic E-state index is 12.8. The zero-order chi connectivity index (χ0) is 19.1. The summed E-state index contributed by atoms with van der Waals surface area (Å²) in [4.78, 5) is 28.2. The molecule has 0 unspecified atom stereocenters. The summed E-state index contributed by atoms with van der Waals surface area (Å²) in [7, 11) is 0. The second kappa shape index (κ2) is 7.18. The van der Waals surface area contributed by atoms with Crippen molar-refractivity contribution in [2.24, 2.45) is 11.7 Å². The predicted molar refractivity (Wildman–Crippen MR) is 101 cm³/mol. The molecular weight excluding hydrogens is 354 g/mol. The van der Waals surface area contributed by atoms with Crippen LogP contribution < -0.4 is 10.6 Å². The minimum Gasteiger partial charge on any atom is -0.460 e. The number of halogens is 1. The fraction of sp³-hybridized carbons (Fsp3) is 0.579. The molecule has 26 heavy (non-hydrogen) atoms. The lowest BCUT2D eigenvalue weighted by molar-refractivity contribution is -0.145. The van der Waals surface area contributed by atoms with Crippen molar-refractivity contribution >= 4 is 29.2 Å². The lowest BCUT2D eigenvalue weighted by Gasteiger charge is -2.47. The Morgan fingerprint density at radius 3 is 2.65 bits per heavy atom. The summed E-state index contributed by atoms with van der Waals surface area (Å²) < 4.78 is 5.37. The van der Waals surface area contributed by atoms with Gasteiger partial charge in [0.1, 0.15) is 6.10 Å². The minimum atomic E-state index is -0.317. The molecule has 2 N–H and O–H groups in total. The molecule has 2 aliphatic heterocycles. The molecule has 7 heteroatoms. The summed E-state index contributed by atoms with van der Waals surface area (Å²) in [5.41, 5.74) is 6.76. The first-order valence-electron chi connectivity index (χ1n) is 8.95. The Bertz CT molecular complexity index is 709. The summed E-state index contributed by atoms with van der Waals surface area (Å²) in [6.07, 6.45) is 0.346. The highest BCUT2D eigenvalue weighted by Crippen LogP contribution is 2.32. The van der Waals surface area contributed by atoms with Crippen LogP contribution in [0.3, 0.4) is 0 Å². The third-order valence-corrected chi connectivity index (χ3v) is 5.66. The van der Waals surface area contributed by atoms with E-state index in [1.165, 1.54) is 0 Å². The molecule has 2 heterocycles. The Labute approximate surface area is 159 Å². The first-order chi connectivity index (χ1) is 12.2. The number of carbonyl (C=O) groups is 2. The molecule has 2 aliphatic rings. The molecule has 1 aromatic carbocycles. The molecule has 3 atom stereocenters. The molecule has 2 saturated heterocycles. The van der Waals surface area contributed by atoms with E-state index in [-0.39, 0.29) is 42.0 Å². The molecule has 0 radical (unpaired) electrons. The maximum atomic E-state index is 12.8. The van der Waals surface area contributed by atoms with Gasteiger partial charge in [-0.1, -0.05) is 30.7 Å². The Kier molecular flexibility index (Phi) is 5.28. The number of anilines is 1. The van der Waals surface area contributed by atoms with Crippen LogP contribution >= 0.6 is 11.6 Å². The van der Waals surface area contributed by atoms with Crippen LogP contribution in [0.2, 0.25) is 5.02 Å². The Morgan fingerprint density at radius 1 is 1.35 bits per heavy atom. The van der Waals surface area contributed by atoms with Gasteiger partial charge in [0, 0.05) is 18.6 Å². The van der Waals surface area contributed by atoms with Crippen LogP contribution in [0.5, 0.6) is 0 Å². The molecule has 0 bridgehead atoms. The topological polar surface area (TPSA) is 75.9 Å². The van der Waals surface area contributed by atoms with E-state index in [0.29, 0.717) is 24.5 Å². The molecule has 142 valence electrons. The van der Waals surface area contributed by atoms with Gasteiger partial charge in [-0.3, -0.25) is 14.5 Å². The van der Waals surface area contributed by atoms with Crippen molar-refractivity contribution in [3.8, 4) is 0 Å². The Balaban J connectivity index is 1.71. The van der Waals surface area contributed by atoms with Gasteiger partial charge in [0.25, 0.3) is 0 Å². The van der Waals surface area contributed by atoms with Crippen molar-refractivity contribution in [1.82, 2.24) is 4.90 Å². The maximum Gasteiger partial charge on any atom is 0.309 e. The molecule has 3 rings (SSSR count). The molecule has 2 fully saturated rings. The quantitative estimate of drug-likeness (QED) is 0.810. The number of carbonyl (C=O) groups excluding carboxylic acids is 2. The number of hydrogen-bond donors (Lipinski definition) is 1. The monoisotopic (exact) mass is 379 g/mol. The van der Waals surface area contributed by atoms with Gasteiger partial charge in [0.05, 0.1) is 29.2 Å². The van der Waals surface area contributed by atoms with Gasteiger partial charge >= 0.3 is 5.97 Å². The highest BCUT2D eigenvalue weighted by atomic mass is 35.5. The van der Waals surface area contributed by atoms with E-state index in [4.69, 9.17) is 22.1 Å². The van der Waals surface area contributed by atoms with Gasteiger partial charge in [0.2, 0.25) is 5.91 Å². The van der Waals surface area contributed by atoms with Crippen LogP contribution in [-0.2, 0) is 14.3 Å². The number of nitrogens with two attached hydrogens (primary N) is 1. The standard InChI is InChI=1S/C19H26ClN3O3/c1-12-8-16(26-18(12)25)14(21)9-22-10-17(24)23(11-19(22,2)3)15-7-5-4-6-13(15)20/h4-7,12,14,16H,8-11,21H2,1-3H3/t12-,14+,16+/m1/s1. The van der Waals surface area contributed by atoms with Crippen LogP contribution in [0, 0.1) is 5.92 Å². The van der Waals surface area contributed by atoms with Crippen LogP contribution in [0.15, 0.2) is 24.3 Å². The van der Waals surface area contributed by atoms with Crippen molar-refractivity contribution in [2.75, 3.05) is 24.5 Å². The predicted octanol–water partition coefficient (Wildman–Crippen LogP) is 2.05. The van der Waals surface area contributed by atoms with Gasteiger partial charge in [-0.05, 0) is 32.4 Å². The van der Waals surface area contributed by atoms with Gasteiger partial charge in [-0.15, -0.1) is 0 Å². The normalized spacial score (nSPS) is 27.5. The number of hydrogen-bond acceptors (Lipinski definition) is 5. The third-order valence-electron chi connectivity index (χ3n) is 5.34. The Hall–Kier alpha value is -1.63. The largest absolute Gasteiger partial charge is 0.460 e. The number of cyclic esters (lactones) is 1. The molecule has 0 spiro atoms. The lowest BCUT2D eigenvalue weighted by Crippen LogP contribution is -2.64.